The number of rotatable bonds is 5. The van der Waals surface area contributed by atoms with E-state index in [-0.39, 0.29) is 28.6 Å². The summed E-state index contributed by atoms with van der Waals surface area (Å²) >= 11 is 6.11. The Balaban J connectivity index is 2.19. The first-order chi connectivity index (χ1) is 12.3. The van der Waals surface area contributed by atoms with Gasteiger partial charge in [0.25, 0.3) is 10.9 Å². The number of halogens is 1. The molecule has 1 N–H and O–H groups in total. The normalized spacial score (nSPS) is 11.7. The van der Waals surface area contributed by atoms with Crippen LogP contribution in [-0.2, 0) is 10.0 Å². The van der Waals surface area contributed by atoms with Gasteiger partial charge in [-0.3, -0.25) is 4.31 Å². The van der Waals surface area contributed by atoms with Gasteiger partial charge >= 0.3 is 16.0 Å². The van der Waals surface area contributed by atoms with Crippen molar-refractivity contribution >= 4 is 39.1 Å². The number of carboxylic acid groups (broad SMARTS) is 1. The number of nitrogens with zero attached hydrogens (tertiary/aromatic N) is 5. The zero-order chi connectivity index (χ0) is 19.1. The van der Waals surface area contributed by atoms with Crippen LogP contribution in [0.25, 0.3) is 5.78 Å². The minimum Gasteiger partial charge on any atom is -0.478 e. The van der Waals surface area contributed by atoms with E-state index in [4.69, 9.17) is 11.6 Å². The van der Waals surface area contributed by atoms with Crippen LogP contribution >= 0.6 is 11.6 Å². The Morgan fingerprint density at radius 3 is 2.69 bits per heavy atom. The van der Waals surface area contributed by atoms with Gasteiger partial charge in [0.15, 0.2) is 0 Å². The second kappa shape index (κ2) is 6.54. The van der Waals surface area contributed by atoms with Crippen LogP contribution < -0.4 is 4.31 Å². The number of fused-ring (bicyclic) bond motifs is 1. The standard InChI is InChI=1S/C15H14ClN5O4S/c1-3-21(12-10(13(22)23)5-4-6-11(12)16)26(24,25)15-18-14-17-9(2)7-8-20(14)19-15/h4-8H,3H2,1-2H3,(H,22,23). The maximum atomic E-state index is 13.1. The van der Waals surface area contributed by atoms with Crippen LogP contribution in [-0.4, -0.2) is 45.6 Å². The van der Waals surface area contributed by atoms with E-state index in [0.717, 1.165) is 4.31 Å². The van der Waals surface area contributed by atoms with Crippen molar-refractivity contribution in [3.8, 4) is 0 Å². The summed E-state index contributed by atoms with van der Waals surface area (Å²) in [6, 6.07) is 5.80. The number of hydrogen-bond acceptors (Lipinski definition) is 6. The lowest BCUT2D eigenvalue weighted by molar-refractivity contribution is 0.0697. The maximum Gasteiger partial charge on any atom is 0.337 e. The van der Waals surface area contributed by atoms with E-state index in [1.165, 1.54) is 28.9 Å². The number of aromatic carboxylic acids is 1. The predicted molar refractivity (Wildman–Crippen MR) is 94.1 cm³/mol. The molecule has 0 unspecified atom stereocenters. The first-order valence-electron chi connectivity index (χ1n) is 7.50. The highest BCUT2D eigenvalue weighted by Crippen LogP contribution is 2.33. The molecule has 0 saturated carbocycles. The zero-order valence-corrected chi connectivity index (χ0v) is 15.4. The van der Waals surface area contributed by atoms with Gasteiger partial charge in [0.05, 0.1) is 16.3 Å². The maximum absolute atomic E-state index is 13.1. The van der Waals surface area contributed by atoms with Crippen LogP contribution in [0.2, 0.25) is 5.02 Å². The summed E-state index contributed by atoms with van der Waals surface area (Å²) in [5.41, 5.74) is 0.285. The van der Waals surface area contributed by atoms with Gasteiger partial charge in [-0.05, 0) is 32.0 Å². The average molecular weight is 396 g/mol. The van der Waals surface area contributed by atoms with Crippen molar-refractivity contribution in [2.45, 2.75) is 19.0 Å². The van der Waals surface area contributed by atoms with E-state index >= 15 is 0 Å². The molecule has 0 aliphatic carbocycles. The molecule has 0 amide bonds. The summed E-state index contributed by atoms with van der Waals surface area (Å²) in [6.45, 7) is 3.24. The van der Waals surface area contributed by atoms with Gasteiger partial charge in [-0.1, -0.05) is 17.7 Å². The third kappa shape index (κ3) is 2.97. The van der Waals surface area contributed by atoms with Crippen LogP contribution in [0.15, 0.2) is 35.6 Å². The van der Waals surface area contributed by atoms with Crippen molar-refractivity contribution in [1.29, 1.82) is 0 Å². The number of aryl methyl sites for hydroxylation is 1. The number of sulfonamides is 1. The second-order valence-electron chi connectivity index (χ2n) is 5.32. The molecule has 0 bridgehead atoms. The molecule has 0 spiro atoms. The summed E-state index contributed by atoms with van der Waals surface area (Å²) in [4.78, 5) is 19.6. The number of benzene rings is 1. The molecule has 0 saturated heterocycles. The SMILES string of the molecule is CCN(c1c(Cl)cccc1C(=O)O)S(=O)(=O)c1nc2nc(C)ccn2n1. The molecule has 0 atom stereocenters. The zero-order valence-electron chi connectivity index (χ0n) is 13.8. The van der Waals surface area contributed by atoms with Crippen molar-refractivity contribution < 1.29 is 18.3 Å². The lowest BCUT2D eigenvalue weighted by atomic mass is 10.2. The summed E-state index contributed by atoms with van der Waals surface area (Å²) in [7, 11) is -4.25. The van der Waals surface area contributed by atoms with E-state index in [9.17, 15) is 18.3 Å². The summed E-state index contributed by atoms with van der Waals surface area (Å²) in [5, 5.41) is 12.8. The van der Waals surface area contributed by atoms with Gasteiger partial charge in [-0.25, -0.2) is 14.3 Å². The van der Waals surface area contributed by atoms with Gasteiger partial charge in [0.2, 0.25) is 0 Å². The van der Waals surface area contributed by atoms with Crippen LogP contribution in [0.3, 0.4) is 0 Å². The molecule has 26 heavy (non-hydrogen) atoms. The number of anilines is 1. The summed E-state index contributed by atoms with van der Waals surface area (Å²) in [6.07, 6.45) is 1.54. The third-order valence-electron chi connectivity index (χ3n) is 3.60. The van der Waals surface area contributed by atoms with Crippen molar-refractivity contribution in [1.82, 2.24) is 19.6 Å². The third-order valence-corrected chi connectivity index (χ3v) is 5.56. The quantitative estimate of drug-likeness (QED) is 0.701. The van der Waals surface area contributed by atoms with Crippen molar-refractivity contribution in [3.63, 3.8) is 0 Å². The number of carboxylic acids is 1. The molecule has 0 radical (unpaired) electrons. The van der Waals surface area contributed by atoms with E-state index in [1.807, 2.05) is 0 Å². The topological polar surface area (TPSA) is 118 Å². The molecule has 2 aromatic heterocycles. The van der Waals surface area contributed by atoms with Gasteiger partial charge in [0, 0.05) is 18.4 Å². The molecule has 2 heterocycles. The highest BCUT2D eigenvalue weighted by molar-refractivity contribution is 7.92. The largest absolute Gasteiger partial charge is 0.478 e. The predicted octanol–water partition coefficient (Wildman–Crippen LogP) is 2.00. The van der Waals surface area contributed by atoms with Crippen LogP contribution in [0.5, 0.6) is 0 Å². The van der Waals surface area contributed by atoms with Gasteiger partial charge < -0.3 is 5.11 Å². The van der Waals surface area contributed by atoms with E-state index in [0.29, 0.717) is 5.69 Å². The smallest absolute Gasteiger partial charge is 0.337 e. The summed E-state index contributed by atoms with van der Waals surface area (Å²) < 4.78 is 28.2. The Hall–Kier alpha value is -2.72. The van der Waals surface area contributed by atoms with Crippen molar-refractivity contribution in [2.24, 2.45) is 0 Å². The van der Waals surface area contributed by atoms with E-state index in [1.54, 1.807) is 19.9 Å². The lowest BCUT2D eigenvalue weighted by Crippen LogP contribution is -2.33. The van der Waals surface area contributed by atoms with Crippen molar-refractivity contribution in [3.05, 3.63) is 46.7 Å². The molecule has 136 valence electrons. The Bertz CT molecular complexity index is 1110. The summed E-state index contributed by atoms with van der Waals surface area (Å²) in [5.74, 6) is -1.17. The van der Waals surface area contributed by atoms with Crippen LogP contribution in [0.1, 0.15) is 23.0 Å². The van der Waals surface area contributed by atoms with E-state index in [2.05, 4.69) is 15.1 Å². The lowest BCUT2D eigenvalue weighted by Gasteiger charge is -2.23. The monoisotopic (exact) mass is 395 g/mol. The van der Waals surface area contributed by atoms with Crippen LogP contribution in [0.4, 0.5) is 5.69 Å². The average Bonchev–Trinajstić information content (AvgIpc) is 3.00. The first kappa shape index (κ1) is 18.1. The number of para-hydroxylation sites is 1. The number of hydrogen-bond donors (Lipinski definition) is 1. The first-order valence-corrected chi connectivity index (χ1v) is 9.32. The fraction of sp³-hybridized carbons (Fsp3) is 0.200. The minimum atomic E-state index is -4.25. The molecule has 0 aliphatic rings. The van der Waals surface area contributed by atoms with E-state index < -0.39 is 21.1 Å². The minimum absolute atomic E-state index is 0.00643. The Morgan fingerprint density at radius 1 is 1.31 bits per heavy atom. The second-order valence-corrected chi connectivity index (χ2v) is 7.48. The fourth-order valence-electron chi connectivity index (χ4n) is 2.44. The molecule has 1 aromatic carbocycles. The molecule has 3 aromatic rings. The Labute approximate surface area is 153 Å². The van der Waals surface area contributed by atoms with Gasteiger partial charge in [-0.15, -0.1) is 5.10 Å². The highest BCUT2D eigenvalue weighted by Gasteiger charge is 2.32. The van der Waals surface area contributed by atoms with Gasteiger partial charge in [-0.2, -0.15) is 13.4 Å². The number of carbonyl (C=O) groups is 1. The van der Waals surface area contributed by atoms with Crippen molar-refractivity contribution in [2.75, 3.05) is 10.8 Å². The molecule has 11 heteroatoms. The molecule has 0 aliphatic heterocycles. The Morgan fingerprint density at radius 2 is 2.04 bits per heavy atom. The Kier molecular flexibility index (Phi) is 4.55. The van der Waals surface area contributed by atoms with Gasteiger partial charge in [0.1, 0.15) is 0 Å². The molecule has 0 fully saturated rings. The molecule has 9 nitrogen and oxygen atoms in total. The molecular weight excluding hydrogens is 382 g/mol. The highest BCUT2D eigenvalue weighted by atomic mass is 35.5. The fourth-order valence-corrected chi connectivity index (χ4v) is 4.13. The molecular formula is C15H14ClN5O4S. The molecule has 3 rings (SSSR count). The van der Waals surface area contributed by atoms with Crippen LogP contribution in [0, 0.1) is 6.92 Å². The number of aromatic nitrogens is 4.